The smallest absolute Gasteiger partial charge is 0.404 e. The highest BCUT2D eigenvalue weighted by Crippen LogP contribution is 2.21. The maximum Gasteiger partial charge on any atom is 0.573 e. The molecular weight excluding hydrogens is 223 g/mol. The van der Waals surface area contributed by atoms with E-state index in [2.05, 4.69) is 9.72 Å². The number of hydrogen-bond donors (Lipinski definition) is 1. The first-order valence-electron chi connectivity index (χ1n) is 3.45. The van der Waals surface area contributed by atoms with Crippen LogP contribution in [0.4, 0.5) is 13.2 Å². The van der Waals surface area contributed by atoms with Crippen molar-refractivity contribution in [2.45, 2.75) is 12.2 Å². The minimum atomic E-state index is -4.78. The molecule has 0 aliphatic heterocycles. The van der Waals surface area contributed by atoms with Crippen LogP contribution in [0.5, 0.6) is 5.75 Å². The van der Waals surface area contributed by atoms with E-state index in [1.807, 2.05) is 0 Å². The van der Waals surface area contributed by atoms with Gasteiger partial charge in [0.25, 0.3) is 5.56 Å². The van der Waals surface area contributed by atoms with E-state index in [-0.39, 0.29) is 11.4 Å². The van der Waals surface area contributed by atoms with Gasteiger partial charge < -0.3 is 9.72 Å². The lowest BCUT2D eigenvalue weighted by Gasteiger charge is -2.08. The predicted octanol–water partition coefficient (Wildman–Crippen LogP) is 2.01. The van der Waals surface area contributed by atoms with Gasteiger partial charge in [-0.3, -0.25) is 4.79 Å². The molecule has 0 aromatic carbocycles. The minimum Gasteiger partial charge on any atom is -0.404 e. The Balaban J connectivity index is 2.96. The number of halogens is 4. The summed E-state index contributed by atoms with van der Waals surface area (Å²) in [6.45, 7) is 0. The largest absolute Gasteiger partial charge is 0.573 e. The average molecular weight is 228 g/mol. The number of aromatic nitrogens is 1. The van der Waals surface area contributed by atoms with Crippen LogP contribution in [-0.4, -0.2) is 11.3 Å². The molecule has 0 aliphatic carbocycles. The highest BCUT2D eigenvalue weighted by Gasteiger charge is 2.31. The van der Waals surface area contributed by atoms with Crippen molar-refractivity contribution < 1.29 is 17.9 Å². The van der Waals surface area contributed by atoms with Crippen LogP contribution < -0.4 is 10.3 Å². The molecule has 0 aliphatic rings. The fraction of sp³-hybridized carbons (Fsp3) is 0.286. The van der Waals surface area contributed by atoms with Gasteiger partial charge in [-0.25, -0.2) is 0 Å². The maximum atomic E-state index is 11.7. The molecule has 78 valence electrons. The van der Waals surface area contributed by atoms with Gasteiger partial charge in [0.15, 0.2) is 0 Å². The number of pyridine rings is 1. The van der Waals surface area contributed by atoms with Gasteiger partial charge in [-0.2, -0.15) is 0 Å². The van der Waals surface area contributed by atoms with E-state index in [9.17, 15) is 18.0 Å². The van der Waals surface area contributed by atoms with Crippen LogP contribution >= 0.6 is 11.6 Å². The summed E-state index contributed by atoms with van der Waals surface area (Å²) in [5.41, 5.74) is -0.511. The van der Waals surface area contributed by atoms with Crippen LogP contribution in [0.15, 0.2) is 17.1 Å². The third kappa shape index (κ3) is 2.95. The van der Waals surface area contributed by atoms with Gasteiger partial charge >= 0.3 is 6.36 Å². The summed E-state index contributed by atoms with van der Waals surface area (Å²) in [4.78, 5) is 13.0. The molecule has 0 spiro atoms. The maximum absolute atomic E-state index is 11.7. The molecular formula is C7H5ClF3NO2. The van der Waals surface area contributed by atoms with E-state index in [4.69, 9.17) is 11.6 Å². The fourth-order valence-corrected chi connectivity index (χ4v) is 0.999. The summed E-state index contributed by atoms with van der Waals surface area (Å²) >= 11 is 5.32. The summed E-state index contributed by atoms with van der Waals surface area (Å²) in [5.74, 6) is -0.669. The van der Waals surface area contributed by atoms with Crippen molar-refractivity contribution in [1.29, 1.82) is 0 Å². The van der Waals surface area contributed by atoms with Crippen LogP contribution in [-0.2, 0) is 5.88 Å². The normalized spacial score (nSPS) is 11.4. The summed E-state index contributed by atoms with van der Waals surface area (Å²) in [6.07, 6.45) is -3.95. The Morgan fingerprint density at radius 1 is 1.50 bits per heavy atom. The van der Waals surface area contributed by atoms with E-state index in [1.165, 1.54) is 0 Å². The van der Waals surface area contributed by atoms with E-state index < -0.39 is 17.7 Å². The van der Waals surface area contributed by atoms with Gasteiger partial charge in [0.2, 0.25) is 0 Å². The zero-order valence-electron chi connectivity index (χ0n) is 6.69. The fourth-order valence-electron chi connectivity index (χ4n) is 0.800. The summed E-state index contributed by atoms with van der Waals surface area (Å²) in [5, 5.41) is 0. The Hall–Kier alpha value is -1.17. The molecule has 0 bridgehead atoms. The molecule has 1 aromatic rings. The quantitative estimate of drug-likeness (QED) is 0.786. The van der Waals surface area contributed by atoms with E-state index in [0.29, 0.717) is 0 Å². The summed E-state index contributed by atoms with van der Waals surface area (Å²) in [6, 6.07) is 0.944. The first-order chi connectivity index (χ1) is 6.42. The number of rotatable bonds is 2. The van der Waals surface area contributed by atoms with Gasteiger partial charge in [0, 0.05) is 11.8 Å². The third-order valence-corrected chi connectivity index (χ3v) is 1.62. The lowest BCUT2D eigenvalue weighted by Crippen LogP contribution is -2.19. The SMILES string of the molecule is O=c1[nH]cc(OC(F)(F)F)cc1CCl. The molecule has 0 fully saturated rings. The number of nitrogens with one attached hydrogen (secondary N) is 1. The van der Waals surface area contributed by atoms with Crippen molar-refractivity contribution in [2.24, 2.45) is 0 Å². The molecule has 0 atom stereocenters. The molecule has 0 saturated heterocycles. The monoisotopic (exact) mass is 227 g/mol. The Morgan fingerprint density at radius 3 is 2.64 bits per heavy atom. The van der Waals surface area contributed by atoms with Crippen LogP contribution in [0.2, 0.25) is 0 Å². The van der Waals surface area contributed by atoms with Crippen LogP contribution in [0.1, 0.15) is 5.56 Å². The van der Waals surface area contributed by atoms with Crippen molar-refractivity contribution in [2.75, 3.05) is 0 Å². The Kier molecular flexibility index (Phi) is 3.05. The first kappa shape index (κ1) is 10.9. The molecule has 1 N–H and O–H groups in total. The highest BCUT2D eigenvalue weighted by atomic mass is 35.5. The molecule has 1 rings (SSSR count). The molecule has 7 heteroatoms. The zero-order valence-corrected chi connectivity index (χ0v) is 7.45. The van der Waals surface area contributed by atoms with Gasteiger partial charge in [0.1, 0.15) is 5.75 Å². The molecule has 0 radical (unpaired) electrons. The van der Waals surface area contributed by atoms with Gasteiger partial charge in [-0.05, 0) is 6.07 Å². The van der Waals surface area contributed by atoms with Crippen LogP contribution in [0.3, 0.4) is 0 Å². The molecule has 3 nitrogen and oxygen atoms in total. The van der Waals surface area contributed by atoms with E-state index in [1.54, 1.807) is 0 Å². The number of H-pyrrole nitrogens is 1. The van der Waals surface area contributed by atoms with Crippen molar-refractivity contribution >= 4 is 11.6 Å². The second-order valence-corrected chi connectivity index (χ2v) is 2.64. The second kappa shape index (κ2) is 3.91. The van der Waals surface area contributed by atoms with Crippen molar-refractivity contribution in [3.05, 3.63) is 28.2 Å². The highest BCUT2D eigenvalue weighted by molar-refractivity contribution is 6.17. The second-order valence-electron chi connectivity index (χ2n) is 2.37. The standard InChI is InChI=1S/C7H5ClF3NO2/c8-2-4-1-5(3-12-6(4)13)14-7(9,10)11/h1,3H,2H2,(H,12,13). The zero-order chi connectivity index (χ0) is 10.8. The number of hydrogen-bond acceptors (Lipinski definition) is 2. The minimum absolute atomic E-state index is 0.0217. The summed E-state index contributed by atoms with van der Waals surface area (Å²) < 4.78 is 38.8. The Morgan fingerprint density at radius 2 is 2.14 bits per heavy atom. The topological polar surface area (TPSA) is 42.1 Å². The van der Waals surface area contributed by atoms with Gasteiger partial charge in [-0.1, -0.05) is 0 Å². The first-order valence-corrected chi connectivity index (χ1v) is 3.99. The van der Waals surface area contributed by atoms with Crippen molar-refractivity contribution in [1.82, 2.24) is 4.98 Å². The molecule has 14 heavy (non-hydrogen) atoms. The van der Waals surface area contributed by atoms with Crippen molar-refractivity contribution in [3.8, 4) is 5.75 Å². The number of aromatic amines is 1. The number of alkyl halides is 4. The van der Waals surface area contributed by atoms with E-state index >= 15 is 0 Å². The van der Waals surface area contributed by atoms with E-state index in [0.717, 1.165) is 12.3 Å². The number of ether oxygens (including phenoxy) is 1. The summed E-state index contributed by atoms with van der Waals surface area (Å²) in [7, 11) is 0. The lowest BCUT2D eigenvalue weighted by molar-refractivity contribution is -0.274. The third-order valence-electron chi connectivity index (χ3n) is 1.33. The molecule has 0 saturated carbocycles. The molecule has 0 amide bonds. The molecule has 1 aromatic heterocycles. The molecule has 1 heterocycles. The van der Waals surface area contributed by atoms with Gasteiger partial charge in [0.05, 0.1) is 5.88 Å². The van der Waals surface area contributed by atoms with Crippen LogP contribution in [0, 0.1) is 0 Å². The van der Waals surface area contributed by atoms with Gasteiger partial charge in [-0.15, -0.1) is 24.8 Å². The molecule has 0 unspecified atom stereocenters. The van der Waals surface area contributed by atoms with Crippen LogP contribution in [0.25, 0.3) is 0 Å². The lowest BCUT2D eigenvalue weighted by atomic mass is 10.3. The Labute approximate surface area is 81.5 Å². The predicted molar refractivity (Wildman–Crippen MR) is 43.3 cm³/mol. The average Bonchev–Trinajstić information content (AvgIpc) is 2.06. The Bertz CT molecular complexity index is 374. The van der Waals surface area contributed by atoms with Crippen molar-refractivity contribution in [3.63, 3.8) is 0 Å².